The van der Waals surface area contributed by atoms with Crippen LogP contribution < -0.4 is 5.32 Å². The summed E-state index contributed by atoms with van der Waals surface area (Å²) in [5, 5.41) is 17.1. The fourth-order valence-electron chi connectivity index (χ4n) is 3.95. The number of aromatic nitrogens is 4. The van der Waals surface area contributed by atoms with Crippen molar-refractivity contribution in [3.63, 3.8) is 0 Å². The number of anilines is 1. The number of nitrogens with one attached hydrogen (secondary N) is 1. The van der Waals surface area contributed by atoms with Gasteiger partial charge in [-0.15, -0.1) is 5.10 Å². The second-order valence-electron chi connectivity index (χ2n) is 7.82. The highest BCUT2D eigenvalue weighted by molar-refractivity contribution is 5.81. The van der Waals surface area contributed by atoms with Gasteiger partial charge in [-0.1, -0.05) is 0 Å². The molecule has 1 atom stereocenters. The van der Waals surface area contributed by atoms with Crippen LogP contribution in [0.1, 0.15) is 49.9 Å². The molecule has 0 unspecified atom stereocenters. The standard InChI is InChI=1S/C21H25F2N5O/c1-12-9-15(7-8-24-12)17-10-18(14-3-5-16(29)6-4-14)28-19(17)11-25-21(27-28)26-13(2)20(22)23/h7-11,13-14,16,20,29H,3-6H2,1-2H3,(H,26,27)/t13-,14?,16?/m0/s1. The number of hydrogen-bond acceptors (Lipinski definition) is 5. The fourth-order valence-corrected chi connectivity index (χ4v) is 3.95. The monoisotopic (exact) mass is 401 g/mol. The molecule has 2 N–H and O–H groups in total. The van der Waals surface area contributed by atoms with Gasteiger partial charge in [-0.2, -0.15) is 0 Å². The molecule has 3 aromatic rings. The van der Waals surface area contributed by atoms with E-state index in [1.807, 2.05) is 23.6 Å². The van der Waals surface area contributed by atoms with Crippen molar-refractivity contribution in [2.24, 2.45) is 0 Å². The first-order valence-electron chi connectivity index (χ1n) is 9.97. The van der Waals surface area contributed by atoms with Gasteiger partial charge in [-0.3, -0.25) is 4.98 Å². The minimum Gasteiger partial charge on any atom is -0.393 e. The first-order chi connectivity index (χ1) is 13.9. The lowest BCUT2D eigenvalue weighted by molar-refractivity contribution is 0.121. The number of fused-ring (bicyclic) bond motifs is 1. The Hall–Kier alpha value is -2.61. The van der Waals surface area contributed by atoms with Crippen molar-refractivity contribution in [1.82, 2.24) is 19.6 Å². The molecule has 0 spiro atoms. The van der Waals surface area contributed by atoms with E-state index in [2.05, 4.69) is 26.4 Å². The van der Waals surface area contributed by atoms with E-state index in [4.69, 9.17) is 0 Å². The number of aryl methyl sites for hydroxylation is 1. The number of aliphatic hydroxyl groups is 1. The van der Waals surface area contributed by atoms with Crippen molar-refractivity contribution in [2.45, 2.75) is 64.0 Å². The Bertz CT molecular complexity index is 998. The normalized spacial score (nSPS) is 20.9. The molecule has 0 aromatic carbocycles. The fraction of sp³-hybridized carbons (Fsp3) is 0.476. The van der Waals surface area contributed by atoms with Gasteiger partial charge in [0.2, 0.25) is 5.95 Å². The second-order valence-corrected chi connectivity index (χ2v) is 7.82. The first-order valence-corrected chi connectivity index (χ1v) is 9.97. The molecule has 154 valence electrons. The molecule has 0 radical (unpaired) electrons. The Kier molecular flexibility index (Phi) is 5.45. The van der Waals surface area contributed by atoms with E-state index in [-0.39, 0.29) is 18.0 Å². The first kappa shape index (κ1) is 19.7. The zero-order valence-corrected chi connectivity index (χ0v) is 16.5. The van der Waals surface area contributed by atoms with E-state index >= 15 is 0 Å². The lowest BCUT2D eigenvalue weighted by Gasteiger charge is -2.25. The average Bonchev–Trinajstić information content (AvgIpc) is 3.07. The number of pyridine rings is 1. The van der Waals surface area contributed by atoms with Crippen molar-refractivity contribution in [1.29, 1.82) is 0 Å². The summed E-state index contributed by atoms with van der Waals surface area (Å²) in [5.41, 5.74) is 4.76. The predicted molar refractivity (Wildman–Crippen MR) is 107 cm³/mol. The Morgan fingerprint density at radius 1 is 1.17 bits per heavy atom. The van der Waals surface area contributed by atoms with Gasteiger partial charge in [0.05, 0.1) is 23.9 Å². The molecule has 1 saturated carbocycles. The third-order valence-corrected chi connectivity index (χ3v) is 5.60. The average molecular weight is 401 g/mol. The Balaban J connectivity index is 1.80. The van der Waals surface area contributed by atoms with Crippen LogP contribution in [0.5, 0.6) is 0 Å². The van der Waals surface area contributed by atoms with Crippen LogP contribution >= 0.6 is 0 Å². The molecule has 0 aliphatic heterocycles. The van der Waals surface area contributed by atoms with Crippen LogP contribution in [-0.4, -0.2) is 43.3 Å². The third-order valence-electron chi connectivity index (χ3n) is 5.60. The van der Waals surface area contributed by atoms with Crippen LogP contribution in [-0.2, 0) is 0 Å². The molecule has 4 rings (SSSR count). The van der Waals surface area contributed by atoms with E-state index in [1.165, 1.54) is 6.92 Å². The molecule has 29 heavy (non-hydrogen) atoms. The van der Waals surface area contributed by atoms with Crippen molar-refractivity contribution < 1.29 is 13.9 Å². The molecular formula is C21H25F2N5O. The van der Waals surface area contributed by atoms with Gasteiger partial charge in [-0.25, -0.2) is 18.3 Å². The lowest BCUT2D eigenvalue weighted by Crippen LogP contribution is -2.25. The van der Waals surface area contributed by atoms with Crippen molar-refractivity contribution in [2.75, 3.05) is 5.32 Å². The van der Waals surface area contributed by atoms with Crippen LogP contribution in [0.25, 0.3) is 16.6 Å². The predicted octanol–water partition coefficient (Wildman–Crippen LogP) is 4.18. The third kappa shape index (κ3) is 4.07. The number of nitrogens with zero attached hydrogens (tertiary/aromatic N) is 4. The van der Waals surface area contributed by atoms with Gasteiger partial charge in [-0.05, 0) is 63.3 Å². The topological polar surface area (TPSA) is 75.3 Å². The summed E-state index contributed by atoms with van der Waals surface area (Å²) in [6, 6.07) is 5.02. The smallest absolute Gasteiger partial charge is 0.258 e. The van der Waals surface area contributed by atoms with Gasteiger partial charge in [0.25, 0.3) is 6.43 Å². The molecular weight excluding hydrogens is 376 g/mol. The molecule has 6 nitrogen and oxygen atoms in total. The zero-order valence-electron chi connectivity index (χ0n) is 16.5. The molecule has 1 aliphatic rings. The summed E-state index contributed by atoms with van der Waals surface area (Å²) in [7, 11) is 0. The number of alkyl halides is 2. The molecule has 1 aliphatic carbocycles. The van der Waals surface area contributed by atoms with Crippen LogP contribution in [0, 0.1) is 6.92 Å². The van der Waals surface area contributed by atoms with Crippen molar-refractivity contribution >= 4 is 11.5 Å². The summed E-state index contributed by atoms with van der Waals surface area (Å²) in [5.74, 6) is 0.424. The Labute approximate surface area is 168 Å². The highest BCUT2D eigenvalue weighted by Crippen LogP contribution is 2.37. The zero-order chi connectivity index (χ0) is 20.5. The molecule has 0 amide bonds. The number of halogens is 2. The van der Waals surface area contributed by atoms with Gasteiger partial charge in [0, 0.05) is 29.1 Å². The Morgan fingerprint density at radius 2 is 1.93 bits per heavy atom. The van der Waals surface area contributed by atoms with E-state index in [1.54, 1.807) is 12.4 Å². The second kappa shape index (κ2) is 8.02. The minimum absolute atomic E-state index is 0.176. The van der Waals surface area contributed by atoms with E-state index < -0.39 is 12.5 Å². The van der Waals surface area contributed by atoms with Gasteiger partial charge >= 0.3 is 0 Å². The van der Waals surface area contributed by atoms with Crippen LogP contribution in [0.3, 0.4) is 0 Å². The molecule has 8 heteroatoms. The Morgan fingerprint density at radius 3 is 2.62 bits per heavy atom. The molecule has 3 aromatic heterocycles. The van der Waals surface area contributed by atoms with Gasteiger partial charge in [0.1, 0.15) is 0 Å². The molecule has 3 heterocycles. The number of hydrogen-bond donors (Lipinski definition) is 2. The SMILES string of the molecule is Cc1cc(-c2cc(C3CCC(O)CC3)n3nc(N[C@@H](C)C(F)F)ncc23)ccn1. The lowest BCUT2D eigenvalue weighted by atomic mass is 9.85. The van der Waals surface area contributed by atoms with Crippen LogP contribution in [0.15, 0.2) is 30.6 Å². The summed E-state index contributed by atoms with van der Waals surface area (Å²) in [4.78, 5) is 8.54. The number of rotatable bonds is 5. The minimum atomic E-state index is -2.51. The summed E-state index contributed by atoms with van der Waals surface area (Å²) in [6.07, 6.45) is 3.92. The van der Waals surface area contributed by atoms with Gasteiger partial charge in [0.15, 0.2) is 0 Å². The quantitative estimate of drug-likeness (QED) is 0.671. The maximum atomic E-state index is 12.9. The molecule has 1 fully saturated rings. The van der Waals surface area contributed by atoms with E-state index in [0.29, 0.717) is 0 Å². The van der Waals surface area contributed by atoms with Crippen molar-refractivity contribution in [3.8, 4) is 11.1 Å². The van der Waals surface area contributed by atoms with Gasteiger partial charge < -0.3 is 10.4 Å². The van der Waals surface area contributed by atoms with E-state index in [0.717, 1.165) is 53.7 Å². The highest BCUT2D eigenvalue weighted by Gasteiger charge is 2.26. The van der Waals surface area contributed by atoms with Crippen LogP contribution in [0.2, 0.25) is 0 Å². The molecule has 0 saturated heterocycles. The summed E-state index contributed by atoms with van der Waals surface area (Å²) < 4.78 is 27.7. The maximum absolute atomic E-state index is 12.9. The van der Waals surface area contributed by atoms with E-state index in [9.17, 15) is 13.9 Å². The summed E-state index contributed by atoms with van der Waals surface area (Å²) in [6.45, 7) is 3.35. The maximum Gasteiger partial charge on any atom is 0.258 e. The van der Waals surface area contributed by atoms with Crippen LogP contribution in [0.4, 0.5) is 14.7 Å². The highest BCUT2D eigenvalue weighted by atomic mass is 19.3. The summed E-state index contributed by atoms with van der Waals surface area (Å²) >= 11 is 0. The van der Waals surface area contributed by atoms with Crippen molar-refractivity contribution in [3.05, 3.63) is 42.0 Å². The number of aliphatic hydroxyl groups excluding tert-OH is 1. The molecule has 0 bridgehead atoms. The largest absolute Gasteiger partial charge is 0.393 e.